The number of hydrogen-bond donors (Lipinski definition) is 1. The third kappa shape index (κ3) is 3.05. The van der Waals surface area contributed by atoms with Crippen molar-refractivity contribution in [3.63, 3.8) is 0 Å². The Kier molecular flexibility index (Phi) is 4.19. The van der Waals surface area contributed by atoms with Gasteiger partial charge in [-0.3, -0.25) is 9.59 Å². The van der Waals surface area contributed by atoms with Gasteiger partial charge >= 0.3 is 6.09 Å². The van der Waals surface area contributed by atoms with Gasteiger partial charge in [0, 0.05) is 13.1 Å². The van der Waals surface area contributed by atoms with E-state index >= 15 is 0 Å². The average molecular weight is 301 g/mol. The maximum Gasteiger partial charge on any atom is 0.417 e. The van der Waals surface area contributed by atoms with E-state index in [1.807, 2.05) is 0 Å². The van der Waals surface area contributed by atoms with Gasteiger partial charge < -0.3 is 10.1 Å². The number of halogens is 2. The smallest absolute Gasteiger partial charge is 0.417 e. The zero-order chi connectivity index (χ0) is 14.7. The Balaban J connectivity index is 1.89. The summed E-state index contributed by atoms with van der Waals surface area (Å²) < 4.78 is 17.4. The number of ether oxygens (including phenoxy) is 1. The molecule has 0 aliphatic carbocycles. The Labute approximate surface area is 118 Å². The van der Waals surface area contributed by atoms with Crippen molar-refractivity contribution in [3.8, 4) is 0 Å². The number of cyclic esters (lactones) is 1. The number of nitrogens with one attached hydrogen (secondary N) is 1. The second-order valence-electron chi connectivity index (χ2n) is 3.98. The summed E-state index contributed by atoms with van der Waals surface area (Å²) in [6.45, 7) is -0.230. The van der Waals surface area contributed by atoms with Crippen LogP contribution in [0.2, 0.25) is 5.02 Å². The SMILES string of the molecule is O=C(NCCN1C(=O)COC1=O)c1ccc(F)cc1Cl. The Bertz CT molecular complexity index is 563. The normalized spacial score (nSPS) is 14.4. The third-order valence-corrected chi connectivity index (χ3v) is 2.95. The number of hydrogen-bond acceptors (Lipinski definition) is 4. The highest BCUT2D eigenvalue weighted by Gasteiger charge is 2.30. The molecule has 0 bridgehead atoms. The summed E-state index contributed by atoms with van der Waals surface area (Å²) in [6, 6.07) is 3.39. The predicted octanol–water partition coefficient (Wildman–Crippen LogP) is 1.19. The van der Waals surface area contributed by atoms with Crippen molar-refractivity contribution in [1.29, 1.82) is 0 Å². The molecule has 0 unspecified atom stereocenters. The molecule has 1 aliphatic heterocycles. The summed E-state index contributed by atoms with van der Waals surface area (Å²) >= 11 is 5.74. The van der Waals surface area contributed by atoms with Crippen LogP contribution in [0, 0.1) is 5.82 Å². The lowest BCUT2D eigenvalue weighted by molar-refractivity contribution is -0.125. The van der Waals surface area contributed by atoms with Gasteiger partial charge in [0.1, 0.15) is 5.82 Å². The molecule has 6 nitrogen and oxygen atoms in total. The Morgan fingerprint density at radius 1 is 1.45 bits per heavy atom. The van der Waals surface area contributed by atoms with E-state index in [-0.39, 0.29) is 30.3 Å². The zero-order valence-corrected chi connectivity index (χ0v) is 10.9. The fraction of sp³-hybridized carbons (Fsp3) is 0.250. The van der Waals surface area contributed by atoms with Crippen LogP contribution in [0.25, 0.3) is 0 Å². The molecule has 2 rings (SSSR count). The van der Waals surface area contributed by atoms with Gasteiger partial charge in [0.25, 0.3) is 11.8 Å². The van der Waals surface area contributed by atoms with Crippen LogP contribution >= 0.6 is 11.6 Å². The van der Waals surface area contributed by atoms with E-state index in [0.29, 0.717) is 0 Å². The molecule has 3 amide bonds. The van der Waals surface area contributed by atoms with Crippen molar-refractivity contribution < 1.29 is 23.5 Å². The molecule has 1 fully saturated rings. The molecule has 0 saturated carbocycles. The molecule has 0 spiro atoms. The summed E-state index contributed by atoms with van der Waals surface area (Å²) in [5.74, 6) is -1.52. The minimum absolute atomic E-state index is 0.00220. The first-order valence-electron chi connectivity index (χ1n) is 5.69. The number of benzene rings is 1. The van der Waals surface area contributed by atoms with Crippen LogP contribution in [0.5, 0.6) is 0 Å². The van der Waals surface area contributed by atoms with Gasteiger partial charge in [-0.25, -0.2) is 14.1 Å². The number of imide groups is 1. The van der Waals surface area contributed by atoms with Gasteiger partial charge in [-0.05, 0) is 18.2 Å². The summed E-state index contributed by atoms with van der Waals surface area (Å²) in [5.41, 5.74) is 0.114. The zero-order valence-electron chi connectivity index (χ0n) is 10.2. The molecule has 20 heavy (non-hydrogen) atoms. The van der Waals surface area contributed by atoms with Gasteiger partial charge in [-0.15, -0.1) is 0 Å². The van der Waals surface area contributed by atoms with Crippen LogP contribution in [-0.2, 0) is 9.53 Å². The Morgan fingerprint density at radius 3 is 2.80 bits per heavy atom. The highest BCUT2D eigenvalue weighted by Crippen LogP contribution is 2.16. The Hall–Kier alpha value is -2.15. The van der Waals surface area contributed by atoms with E-state index < -0.39 is 23.7 Å². The fourth-order valence-electron chi connectivity index (χ4n) is 1.65. The van der Waals surface area contributed by atoms with Crippen LogP contribution in [-0.4, -0.2) is 42.5 Å². The highest BCUT2D eigenvalue weighted by molar-refractivity contribution is 6.33. The molecule has 0 atom stereocenters. The molecule has 8 heteroatoms. The van der Waals surface area contributed by atoms with E-state index in [0.717, 1.165) is 17.0 Å². The van der Waals surface area contributed by atoms with Crippen molar-refractivity contribution >= 4 is 29.5 Å². The quantitative estimate of drug-likeness (QED) is 0.906. The van der Waals surface area contributed by atoms with E-state index in [9.17, 15) is 18.8 Å². The molecular weight excluding hydrogens is 291 g/mol. The maximum atomic E-state index is 12.8. The van der Waals surface area contributed by atoms with Crippen molar-refractivity contribution in [1.82, 2.24) is 10.2 Å². The first-order valence-corrected chi connectivity index (χ1v) is 6.07. The average Bonchev–Trinajstić information content (AvgIpc) is 2.70. The maximum absolute atomic E-state index is 12.8. The monoisotopic (exact) mass is 300 g/mol. The topological polar surface area (TPSA) is 75.7 Å². The molecule has 1 aromatic carbocycles. The molecule has 0 aromatic heterocycles. The van der Waals surface area contributed by atoms with Crippen LogP contribution in [0.3, 0.4) is 0 Å². The lowest BCUT2D eigenvalue weighted by atomic mass is 10.2. The molecule has 1 saturated heterocycles. The molecule has 1 aromatic rings. The highest BCUT2D eigenvalue weighted by atomic mass is 35.5. The second kappa shape index (κ2) is 5.87. The number of amides is 3. The van der Waals surface area contributed by atoms with Gasteiger partial charge in [0.15, 0.2) is 6.61 Å². The van der Waals surface area contributed by atoms with Crippen LogP contribution in [0.15, 0.2) is 18.2 Å². The van der Waals surface area contributed by atoms with Crippen molar-refractivity contribution in [2.24, 2.45) is 0 Å². The lowest BCUT2D eigenvalue weighted by Gasteiger charge is -2.11. The first kappa shape index (κ1) is 14.3. The molecular formula is C12H10ClFN2O4. The largest absolute Gasteiger partial charge is 0.439 e. The van der Waals surface area contributed by atoms with E-state index in [2.05, 4.69) is 10.1 Å². The number of nitrogens with zero attached hydrogens (tertiary/aromatic N) is 1. The second-order valence-corrected chi connectivity index (χ2v) is 4.39. The number of carbonyl (C=O) groups is 3. The van der Waals surface area contributed by atoms with Gasteiger partial charge in [0.2, 0.25) is 0 Å². The standard InChI is InChI=1S/C12H10ClFN2O4/c13-9-5-7(14)1-2-8(9)11(18)15-3-4-16-10(17)6-20-12(16)19/h1-2,5H,3-4,6H2,(H,15,18). The van der Waals surface area contributed by atoms with Crippen molar-refractivity contribution in [3.05, 3.63) is 34.6 Å². The van der Waals surface area contributed by atoms with E-state index in [1.54, 1.807) is 0 Å². The summed E-state index contributed by atoms with van der Waals surface area (Å²) in [5, 5.41) is 2.47. The molecule has 1 heterocycles. The van der Waals surface area contributed by atoms with E-state index in [4.69, 9.17) is 11.6 Å². The minimum Gasteiger partial charge on any atom is -0.439 e. The third-order valence-electron chi connectivity index (χ3n) is 2.64. The Morgan fingerprint density at radius 2 is 2.20 bits per heavy atom. The summed E-state index contributed by atoms with van der Waals surface area (Å²) in [4.78, 5) is 35.0. The van der Waals surface area contributed by atoms with Gasteiger partial charge in [-0.1, -0.05) is 11.6 Å². The van der Waals surface area contributed by atoms with Gasteiger partial charge in [0.05, 0.1) is 10.6 Å². The van der Waals surface area contributed by atoms with Crippen molar-refractivity contribution in [2.75, 3.05) is 19.7 Å². The van der Waals surface area contributed by atoms with Crippen LogP contribution in [0.1, 0.15) is 10.4 Å². The predicted molar refractivity (Wildman–Crippen MR) is 66.8 cm³/mol. The number of rotatable bonds is 4. The fourth-order valence-corrected chi connectivity index (χ4v) is 1.90. The molecule has 1 N–H and O–H groups in total. The minimum atomic E-state index is -0.732. The molecule has 0 radical (unpaired) electrons. The number of carbonyl (C=O) groups excluding carboxylic acids is 3. The summed E-state index contributed by atoms with van der Waals surface area (Å²) in [7, 11) is 0. The molecule has 1 aliphatic rings. The van der Waals surface area contributed by atoms with Crippen molar-refractivity contribution in [2.45, 2.75) is 0 Å². The molecule has 106 valence electrons. The lowest BCUT2D eigenvalue weighted by Crippen LogP contribution is -2.37. The summed E-state index contributed by atoms with van der Waals surface area (Å²) in [6.07, 6.45) is -0.732. The van der Waals surface area contributed by atoms with Gasteiger partial charge in [-0.2, -0.15) is 0 Å². The van der Waals surface area contributed by atoms with Crippen LogP contribution in [0.4, 0.5) is 9.18 Å². The van der Waals surface area contributed by atoms with Crippen LogP contribution < -0.4 is 5.32 Å². The van der Waals surface area contributed by atoms with E-state index in [1.165, 1.54) is 6.07 Å². The first-order chi connectivity index (χ1) is 9.49.